The molecular weight excluding hydrogens is 405 g/mol. The zero-order valence-electron chi connectivity index (χ0n) is 14.2. The second-order valence-electron chi connectivity index (χ2n) is 5.08. The van der Waals surface area contributed by atoms with Crippen LogP contribution < -0.4 is 10.1 Å². The zero-order chi connectivity index (χ0) is 20.2. The first-order chi connectivity index (χ1) is 12.6. The van der Waals surface area contributed by atoms with Gasteiger partial charge in [0.15, 0.2) is 0 Å². The van der Waals surface area contributed by atoms with E-state index in [1.54, 1.807) is 0 Å². The van der Waals surface area contributed by atoms with Crippen molar-refractivity contribution in [3.8, 4) is 5.75 Å². The van der Waals surface area contributed by atoms with E-state index in [4.69, 9.17) is 4.74 Å². The number of hydrogen-bond donors (Lipinski definition) is 1. The highest BCUT2D eigenvalue weighted by Gasteiger charge is 2.47. The maximum absolute atomic E-state index is 12.8. The Hall–Kier alpha value is -2.27. The fourth-order valence-electron chi connectivity index (χ4n) is 2.06. The van der Waals surface area contributed by atoms with Gasteiger partial charge in [0.25, 0.3) is 15.7 Å². The highest BCUT2D eigenvalue weighted by molar-refractivity contribution is 7.99. The lowest BCUT2D eigenvalue weighted by atomic mass is 10.2. The van der Waals surface area contributed by atoms with E-state index in [1.165, 1.54) is 37.2 Å². The van der Waals surface area contributed by atoms with E-state index in [9.17, 15) is 26.4 Å². The molecule has 0 aliphatic heterocycles. The van der Waals surface area contributed by atoms with Gasteiger partial charge in [0.05, 0.1) is 22.7 Å². The summed E-state index contributed by atoms with van der Waals surface area (Å²) in [5.74, 6) is 0.111. The third-order valence-corrected chi connectivity index (χ3v) is 5.62. The number of aromatic nitrogens is 1. The van der Waals surface area contributed by atoms with Crippen LogP contribution in [0.2, 0.25) is 0 Å². The molecule has 0 unspecified atom stereocenters. The number of methoxy groups -OCH3 is 1. The molecule has 2 rings (SSSR count). The second kappa shape index (κ2) is 8.17. The van der Waals surface area contributed by atoms with Crippen LogP contribution in [-0.2, 0) is 9.84 Å². The van der Waals surface area contributed by atoms with Crippen molar-refractivity contribution in [3.63, 3.8) is 0 Å². The fraction of sp³-hybridized carbons (Fsp3) is 0.250. The number of benzene rings is 1. The molecule has 0 atom stereocenters. The molecule has 0 fully saturated rings. The van der Waals surface area contributed by atoms with Gasteiger partial charge in [0.2, 0.25) is 0 Å². The van der Waals surface area contributed by atoms with Gasteiger partial charge in [-0.1, -0.05) is 6.92 Å². The number of carbonyl (C=O) groups is 1. The summed E-state index contributed by atoms with van der Waals surface area (Å²) in [7, 11) is -4.32. The molecule has 0 radical (unpaired) electrons. The number of nitrogens with one attached hydrogen (secondary N) is 1. The number of sulfone groups is 1. The Labute approximate surface area is 158 Å². The van der Waals surface area contributed by atoms with Crippen molar-refractivity contribution in [2.75, 3.05) is 18.2 Å². The Kier molecular flexibility index (Phi) is 6.37. The molecular formula is C16H15F3N2O4S2. The average Bonchev–Trinajstić information content (AvgIpc) is 2.61. The lowest BCUT2D eigenvalue weighted by Crippen LogP contribution is -2.23. The first kappa shape index (κ1) is 21.0. The molecule has 1 N–H and O–H groups in total. The number of hydrogen-bond acceptors (Lipinski definition) is 6. The Morgan fingerprint density at radius 2 is 1.96 bits per heavy atom. The normalized spacial score (nSPS) is 11.9. The van der Waals surface area contributed by atoms with Crippen LogP contribution in [0.4, 0.5) is 18.9 Å². The molecule has 146 valence electrons. The van der Waals surface area contributed by atoms with Crippen LogP contribution in [0, 0.1) is 0 Å². The molecule has 27 heavy (non-hydrogen) atoms. The number of nitrogens with zero attached hydrogens (tertiary/aromatic N) is 1. The smallest absolute Gasteiger partial charge is 0.495 e. The molecule has 0 aliphatic carbocycles. The molecule has 0 saturated carbocycles. The molecule has 2 aromatic rings. The van der Waals surface area contributed by atoms with Crippen LogP contribution in [0.1, 0.15) is 17.3 Å². The Balaban J connectivity index is 2.39. The number of pyridine rings is 1. The van der Waals surface area contributed by atoms with E-state index in [1.807, 2.05) is 6.92 Å². The van der Waals surface area contributed by atoms with Crippen LogP contribution in [-0.4, -0.2) is 37.7 Å². The van der Waals surface area contributed by atoms with Gasteiger partial charge in [-0.3, -0.25) is 4.79 Å². The van der Waals surface area contributed by atoms with Gasteiger partial charge >= 0.3 is 5.51 Å². The van der Waals surface area contributed by atoms with E-state index in [2.05, 4.69) is 10.3 Å². The van der Waals surface area contributed by atoms with Crippen LogP contribution >= 0.6 is 11.8 Å². The van der Waals surface area contributed by atoms with Crippen molar-refractivity contribution in [2.45, 2.75) is 22.4 Å². The number of halogens is 3. The summed E-state index contributed by atoms with van der Waals surface area (Å²) in [4.78, 5) is 15.5. The lowest BCUT2D eigenvalue weighted by molar-refractivity contribution is -0.0436. The predicted molar refractivity (Wildman–Crippen MR) is 94.8 cm³/mol. The van der Waals surface area contributed by atoms with Crippen LogP contribution in [0.3, 0.4) is 0 Å². The number of carbonyl (C=O) groups excluding carboxylic acids is 1. The first-order valence-electron chi connectivity index (χ1n) is 7.49. The van der Waals surface area contributed by atoms with E-state index < -0.39 is 26.1 Å². The number of rotatable bonds is 6. The molecule has 6 nitrogen and oxygen atoms in total. The lowest BCUT2D eigenvalue weighted by Gasteiger charge is -2.14. The molecule has 0 aliphatic rings. The van der Waals surface area contributed by atoms with Gasteiger partial charge in [0.1, 0.15) is 5.75 Å². The molecule has 1 aromatic carbocycles. The van der Waals surface area contributed by atoms with E-state index >= 15 is 0 Å². The average molecular weight is 420 g/mol. The van der Waals surface area contributed by atoms with Gasteiger partial charge in [0, 0.05) is 11.8 Å². The number of anilines is 1. The summed E-state index contributed by atoms with van der Waals surface area (Å²) in [5, 5.41) is 2.98. The minimum Gasteiger partial charge on any atom is -0.495 e. The maximum Gasteiger partial charge on any atom is 0.501 e. The molecule has 0 saturated heterocycles. The van der Waals surface area contributed by atoms with Gasteiger partial charge in [-0.05, 0) is 36.1 Å². The third kappa shape index (κ3) is 4.72. The highest BCUT2D eigenvalue weighted by Crippen LogP contribution is 2.34. The number of thioether (sulfide) groups is 1. The van der Waals surface area contributed by atoms with Crippen molar-refractivity contribution in [3.05, 3.63) is 42.1 Å². The SMILES string of the molecule is CCSc1cc(C(=O)Nc2cc(S(=O)(=O)C(F)(F)F)ccc2OC)ccn1. The predicted octanol–water partition coefficient (Wildman–Crippen LogP) is 3.75. The summed E-state index contributed by atoms with van der Waals surface area (Å²) >= 11 is 1.41. The molecule has 11 heteroatoms. The van der Waals surface area contributed by atoms with Crippen molar-refractivity contribution < 1.29 is 31.1 Å². The Morgan fingerprint density at radius 3 is 2.56 bits per heavy atom. The molecule has 0 spiro atoms. The van der Waals surface area contributed by atoms with E-state index in [0.717, 1.165) is 17.9 Å². The summed E-state index contributed by atoms with van der Waals surface area (Å²) < 4.78 is 66.5. The van der Waals surface area contributed by atoms with Crippen LogP contribution in [0.15, 0.2) is 46.5 Å². The topological polar surface area (TPSA) is 85.4 Å². The van der Waals surface area contributed by atoms with Gasteiger partial charge in [-0.2, -0.15) is 13.2 Å². The van der Waals surface area contributed by atoms with Crippen LogP contribution in [0.5, 0.6) is 5.75 Å². The summed E-state index contributed by atoms with van der Waals surface area (Å²) in [5.41, 5.74) is -5.44. The maximum atomic E-state index is 12.8. The van der Waals surface area contributed by atoms with E-state index in [0.29, 0.717) is 11.1 Å². The summed E-state index contributed by atoms with van der Waals surface area (Å²) in [6.45, 7) is 1.91. The molecule has 1 aromatic heterocycles. The standard InChI is InChI=1S/C16H15F3N2O4S2/c1-3-26-14-8-10(6-7-20-14)15(22)21-12-9-11(4-5-13(12)25-2)27(23,24)16(17,18)19/h4-9H,3H2,1-2H3,(H,21,22). The van der Waals surface area contributed by atoms with Crippen molar-refractivity contribution in [1.82, 2.24) is 4.98 Å². The largest absolute Gasteiger partial charge is 0.501 e. The van der Waals surface area contributed by atoms with Gasteiger partial charge in [-0.15, -0.1) is 11.8 Å². The minimum atomic E-state index is -5.56. The monoisotopic (exact) mass is 420 g/mol. The molecule has 0 bridgehead atoms. The Morgan fingerprint density at radius 1 is 1.26 bits per heavy atom. The number of ether oxygens (including phenoxy) is 1. The fourth-order valence-corrected chi connectivity index (χ4v) is 3.49. The minimum absolute atomic E-state index is 0.0155. The van der Waals surface area contributed by atoms with Crippen LogP contribution in [0.25, 0.3) is 0 Å². The Bertz CT molecular complexity index is 947. The second-order valence-corrected chi connectivity index (χ2v) is 8.31. The molecule has 1 amide bonds. The summed E-state index contributed by atoms with van der Waals surface area (Å²) in [6, 6.07) is 5.46. The highest BCUT2D eigenvalue weighted by atomic mass is 32.2. The number of alkyl halides is 3. The third-order valence-electron chi connectivity index (χ3n) is 3.32. The van der Waals surface area contributed by atoms with Crippen molar-refractivity contribution in [2.24, 2.45) is 0 Å². The zero-order valence-corrected chi connectivity index (χ0v) is 15.8. The molecule has 1 heterocycles. The van der Waals surface area contributed by atoms with E-state index in [-0.39, 0.29) is 17.0 Å². The summed E-state index contributed by atoms with van der Waals surface area (Å²) in [6.07, 6.45) is 1.43. The van der Waals surface area contributed by atoms with Crippen molar-refractivity contribution in [1.29, 1.82) is 0 Å². The number of amides is 1. The van der Waals surface area contributed by atoms with Crippen molar-refractivity contribution >= 4 is 33.2 Å². The van der Waals surface area contributed by atoms with Gasteiger partial charge in [-0.25, -0.2) is 13.4 Å². The first-order valence-corrected chi connectivity index (χ1v) is 9.96. The quantitative estimate of drug-likeness (QED) is 0.717. The van der Waals surface area contributed by atoms with Gasteiger partial charge < -0.3 is 10.1 Å².